The fraction of sp³-hybridized carbons (Fsp3) is 0.0556. The van der Waals surface area contributed by atoms with Crippen molar-refractivity contribution in [1.29, 1.82) is 0 Å². The van der Waals surface area contributed by atoms with Crippen LogP contribution in [0.3, 0.4) is 0 Å². The van der Waals surface area contributed by atoms with E-state index in [0.717, 1.165) is 5.01 Å². The van der Waals surface area contributed by atoms with Crippen LogP contribution in [0.1, 0.15) is 11.3 Å². The maximum atomic E-state index is 12.1. The zero-order chi connectivity index (χ0) is 21.3. The summed E-state index contributed by atoms with van der Waals surface area (Å²) in [5.74, 6) is -0.0269. The number of halogens is 4. The van der Waals surface area contributed by atoms with Gasteiger partial charge in [0, 0.05) is 16.1 Å². The van der Waals surface area contributed by atoms with Crippen molar-refractivity contribution in [2.45, 2.75) is 6.92 Å². The van der Waals surface area contributed by atoms with E-state index in [1.165, 1.54) is 18.3 Å². The Labute approximate surface area is 185 Å². The first-order chi connectivity index (χ1) is 13.7. The normalized spacial score (nSPS) is 11.2. The average molecular weight is 474 g/mol. The molecule has 29 heavy (non-hydrogen) atoms. The van der Waals surface area contributed by atoms with Crippen LogP contribution < -0.4 is 10.7 Å². The Hall–Kier alpha value is -2.45. The molecule has 2 amide bonds. The number of nitrogens with two attached hydrogens (primary N) is 1. The number of aryl methyl sites for hydroxylation is 1. The summed E-state index contributed by atoms with van der Waals surface area (Å²) in [6, 6.07) is 6.72. The molecular formula is C18H12Cl4N4O3. The maximum absolute atomic E-state index is 12.1. The van der Waals surface area contributed by atoms with Gasteiger partial charge in [-0.1, -0.05) is 57.6 Å². The van der Waals surface area contributed by atoms with Crippen LogP contribution in [0, 0.1) is 6.92 Å². The van der Waals surface area contributed by atoms with Crippen molar-refractivity contribution in [1.82, 2.24) is 5.16 Å². The van der Waals surface area contributed by atoms with Gasteiger partial charge in [0.25, 0.3) is 0 Å². The first-order valence-corrected chi connectivity index (χ1v) is 9.44. The topological polar surface area (TPSA) is 105 Å². The molecule has 1 heterocycles. The van der Waals surface area contributed by atoms with Crippen LogP contribution in [0.5, 0.6) is 5.75 Å². The van der Waals surface area contributed by atoms with E-state index in [2.05, 4.69) is 10.3 Å². The summed E-state index contributed by atoms with van der Waals surface area (Å²) < 4.78 is 5.22. The molecule has 0 spiro atoms. The van der Waals surface area contributed by atoms with E-state index < -0.39 is 6.03 Å². The molecule has 0 radical (unpaired) electrons. The fourth-order valence-corrected chi connectivity index (χ4v) is 3.62. The van der Waals surface area contributed by atoms with Crippen molar-refractivity contribution in [3.8, 4) is 17.0 Å². The lowest BCUT2D eigenvalue weighted by Gasteiger charge is -2.15. The highest BCUT2D eigenvalue weighted by Gasteiger charge is 2.27. The van der Waals surface area contributed by atoms with E-state index in [4.69, 9.17) is 56.7 Å². The Balaban J connectivity index is 2.13. The van der Waals surface area contributed by atoms with Gasteiger partial charge in [-0.25, -0.2) is 4.79 Å². The number of anilines is 1. The third kappa shape index (κ3) is 4.28. The number of carbonyl (C=O) groups is 1. The van der Waals surface area contributed by atoms with Crippen LogP contribution in [0.15, 0.2) is 40.0 Å². The number of hydrogen-bond donors (Lipinski definition) is 2. The molecule has 0 saturated heterocycles. The summed E-state index contributed by atoms with van der Waals surface area (Å²) in [6.07, 6.45) is 1.17. The number of aromatic nitrogens is 1. The van der Waals surface area contributed by atoms with Gasteiger partial charge in [-0.05, 0) is 31.2 Å². The molecule has 3 rings (SSSR count). The summed E-state index contributed by atoms with van der Waals surface area (Å²) in [5.41, 5.74) is 6.32. The Morgan fingerprint density at radius 3 is 2.48 bits per heavy atom. The number of phenols is 1. The minimum Gasteiger partial charge on any atom is -0.506 e. The van der Waals surface area contributed by atoms with Crippen LogP contribution in [0.4, 0.5) is 10.5 Å². The van der Waals surface area contributed by atoms with E-state index in [0.29, 0.717) is 15.6 Å². The number of hydrazone groups is 1. The molecule has 3 aromatic rings. The molecule has 11 heteroatoms. The number of rotatable bonds is 4. The summed E-state index contributed by atoms with van der Waals surface area (Å²) in [7, 11) is 0. The Bertz CT molecular complexity index is 1110. The number of nitrogens with zero attached hydrogens (tertiary/aromatic N) is 3. The largest absolute Gasteiger partial charge is 0.506 e. The first kappa shape index (κ1) is 21.3. The number of carbonyl (C=O) groups excluding carboxylic acids is 1. The SMILES string of the molecule is Cc1onc(-c2c(Cl)cccc2Cl)c1N(/N=C/c1cc(Cl)cc(Cl)c1O)C(N)=O. The molecule has 0 aliphatic rings. The number of benzene rings is 2. The predicted octanol–water partition coefficient (Wildman–Crippen LogP) is 5.89. The van der Waals surface area contributed by atoms with E-state index in [1.807, 2.05) is 0 Å². The standard InChI is InChI=1S/C18H12Cl4N4O3/c1-8-16(15(25-29-8)14-11(20)3-2-4-12(14)21)26(18(23)28)24-7-9-5-10(19)6-13(22)17(9)27/h2-7,27H,1H3,(H2,23,28)/b24-7+. The van der Waals surface area contributed by atoms with Crippen LogP contribution in [-0.4, -0.2) is 22.5 Å². The molecule has 0 aliphatic heterocycles. The Morgan fingerprint density at radius 2 is 1.86 bits per heavy atom. The van der Waals surface area contributed by atoms with E-state index in [-0.39, 0.29) is 38.5 Å². The van der Waals surface area contributed by atoms with E-state index in [1.54, 1.807) is 25.1 Å². The van der Waals surface area contributed by atoms with Gasteiger partial charge in [0.1, 0.15) is 17.1 Å². The van der Waals surface area contributed by atoms with Crippen molar-refractivity contribution in [3.05, 3.63) is 61.7 Å². The lowest BCUT2D eigenvalue weighted by atomic mass is 10.1. The van der Waals surface area contributed by atoms with Gasteiger partial charge in [0.15, 0.2) is 5.76 Å². The van der Waals surface area contributed by atoms with Crippen molar-refractivity contribution < 1.29 is 14.4 Å². The summed E-state index contributed by atoms with van der Waals surface area (Å²) in [4.78, 5) is 12.1. The Morgan fingerprint density at radius 1 is 1.21 bits per heavy atom. The van der Waals surface area contributed by atoms with Gasteiger partial charge in [0.2, 0.25) is 0 Å². The molecule has 7 nitrogen and oxygen atoms in total. The zero-order valence-corrected chi connectivity index (χ0v) is 17.7. The molecule has 0 bridgehead atoms. The third-order valence-corrected chi connectivity index (χ3v) is 4.96. The van der Waals surface area contributed by atoms with Crippen LogP contribution in [-0.2, 0) is 0 Å². The number of aromatic hydroxyl groups is 1. The van der Waals surface area contributed by atoms with Gasteiger partial charge < -0.3 is 15.4 Å². The molecule has 0 fully saturated rings. The third-order valence-electron chi connectivity index (χ3n) is 3.82. The second-order valence-corrected chi connectivity index (χ2v) is 7.41. The minimum absolute atomic E-state index is 0.0225. The number of amides is 2. The van der Waals surface area contributed by atoms with Gasteiger partial charge in [0.05, 0.1) is 21.3 Å². The maximum Gasteiger partial charge on any atom is 0.340 e. The van der Waals surface area contributed by atoms with Crippen molar-refractivity contribution in [2.24, 2.45) is 10.8 Å². The van der Waals surface area contributed by atoms with Crippen molar-refractivity contribution >= 4 is 64.3 Å². The highest BCUT2D eigenvalue weighted by Crippen LogP contribution is 2.41. The number of phenolic OH excluding ortho intramolecular Hbond substituents is 1. The zero-order valence-electron chi connectivity index (χ0n) is 14.7. The van der Waals surface area contributed by atoms with Crippen LogP contribution in [0.2, 0.25) is 20.1 Å². The number of urea groups is 1. The highest BCUT2D eigenvalue weighted by molar-refractivity contribution is 6.39. The van der Waals surface area contributed by atoms with Gasteiger partial charge in [-0.2, -0.15) is 10.1 Å². The molecule has 0 saturated carbocycles. The van der Waals surface area contributed by atoms with E-state index >= 15 is 0 Å². The summed E-state index contributed by atoms with van der Waals surface area (Å²) in [6.45, 7) is 1.57. The lowest BCUT2D eigenvalue weighted by Crippen LogP contribution is -2.31. The Kier molecular flexibility index (Phi) is 6.24. The molecule has 0 atom stereocenters. The molecule has 1 aromatic heterocycles. The molecule has 2 aromatic carbocycles. The van der Waals surface area contributed by atoms with Gasteiger partial charge >= 0.3 is 6.03 Å². The highest BCUT2D eigenvalue weighted by atomic mass is 35.5. The van der Waals surface area contributed by atoms with Gasteiger partial charge in [-0.3, -0.25) is 0 Å². The van der Waals surface area contributed by atoms with Crippen molar-refractivity contribution in [3.63, 3.8) is 0 Å². The quantitative estimate of drug-likeness (QED) is 0.364. The predicted molar refractivity (Wildman–Crippen MR) is 114 cm³/mol. The van der Waals surface area contributed by atoms with Crippen molar-refractivity contribution in [2.75, 3.05) is 5.01 Å². The number of primary amides is 1. The molecule has 150 valence electrons. The lowest BCUT2D eigenvalue weighted by molar-refractivity contribution is 0.254. The summed E-state index contributed by atoms with van der Waals surface area (Å²) in [5, 5.41) is 19.8. The molecule has 0 unspecified atom stereocenters. The molecule has 3 N–H and O–H groups in total. The first-order valence-electron chi connectivity index (χ1n) is 7.93. The van der Waals surface area contributed by atoms with E-state index in [9.17, 15) is 9.90 Å². The average Bonchev–Trinajstić information content (AvgIpc) is 3.00. The molecular weight excluding hydrogens is 462 g/mol. The smallest absolute Gasteiger partial charge is 0.340 e. The second kappa shape index (κ2) is 8.51. The monoisotopic (exact) mass is 472 g/mol. The van der Waals surface area contributed by atoms with Crippen LogP contribution in [0.25, 0.3) is 11.3 Å². The second-order valence-electron chi connectivity index (χ2n) is 5.75. The molecule has 0 aliphatic carbocycles. The fourth-order valence-electron chi connectivity index (χ4n) is 2.53. The van der Waals surface area contributed by atoms with Crippen LogP contribution >= 0.6 is 46.4 Å². The summed E-state index contributed by atoms with van der Waals surface area (Å²) >= 11 is 24.4. The minimum atomic E-state index is -0.940. The van der Waals surface area contributed by atoms with Gasteiger partial charge in [-0.15, -0.1) is 0 Å². The number of hydrogen-bond acceptors (Lipinski definition) is 5.